The predicted octanol–water partition coefficient (Wildman–Crippen LogP) is 2.28. The number of hydrogen-bond donors (Lipinski definition) is 2. The molecule has 3 aromatic heterocycles. The van der Waals surface area contributed by atoms with Gasteiger partial charge in [0.2, 0.25) is 5.95 Å². The highest BCUT2D eigenvalue weighted by atomic mass is 32.1. The van der Waals surface area contributed by atoms with E-state index in [9.17, 15) is 4.79 Å². The highest BCUT2D eigenvalue weighted by Gasteiger charge is 2.08. The van der Waals surface area contributed by atoms with Crippen LogP contribution in [0.3, 0.4) is 0 Å². The van der Waals surface area contributed by atoms with Gasteiger partial charge in [-0.05, 0) is 13.1 Å². The summed E-state index contributed by atoms with van der Waals surface area (Å²) in [6, 6.07) is 0. The van der Waals surface area contributed by atoms with E-state index in [-0.39, 0.29) is 5.56 Å². The largest absolute Gasteiger partial charge is 0.449 e. The van der Waals surface area contributed by atoms with Crippen LogP contribution < -0.4 is 10.9 Å². The van der Waals surface area contributed by atoms with E-state index in [4.69, 9.17) is 9.15 Å². The maximum atomic E-state index is 12.1. The topological polar surface area (TPSA) is 109 Å². The Hall–Kier alpha value is -2.56. The summed E-state index contributed by atoms with van der Waals surface area (Å²) >= 11 is 1.66. The van der Waals surface area contributed by atoms with Crippen molar-refractivity contribution in [1.82, 2.24) is 24.8 Å². The van der Waals surface area contributed by atoms with Crippen molar-refractivity contribution in [3.05, 3.63) is 56.5 Å². The Labute approximate surface area is 173 Å². The number of oxazole rings is 1. The normalized spacial score (nSPS) is 11.3. The highest BCUT2D eigenvalue weighted by molar-refractivity contribution is 7.09. The van der Waals surface area contributed by atoms with Crippen LogP contribution in [0.2, 0.25) is 0 Å². The third-order valence-corrected chi connectivity index (χ3v) is 5.22. The van der Waals surface area contributed by atoms with Gasteiger partial charge >= 0.3 is 0 Å². The molecule has 0 spiro atoms. The smallest absolute Gasteiger partial charge is 0.255 e. The molecule has 0 bridgehead atoms. The fourth-order valence-electron chi connectivity index (χ4n) is 2.68. The number of nitrogens with one attached hydrogen (secondary N) is 2. The average molecular weight is 419 g/mol. The Morgan fingerprint density at radius 3 is 2.90 bits per heavy atom. The summed E-state index contributed by atoms with van der Waals surface area (Å²) in [5, 5.41) is 6.20. The van der Waals surface area contributed by atoms with E-state index in [0.29, 0.717) is 43.6 Å². The van der Waals surface area contributed by atoms with Crippen LogP contribution in [0.1, 0.15) is 36.0 Å². The van der Waals surface area contributed by atoms with Crippen LogP contribution >= 0.6 is 11.3 Å². The molecule has 0 atom stereocenters. The first-order chi connectivity index (χ1) is 14.2. The summed E-state index contributed by atoms with van der Waals surface area (Å²) in [5.41, 5.74) is 1.22. The monoisotopic (exact) mass is 418 g/mol. The van der Waals surface area contributed by atoms with Gasteiger partial charge in [-0.3, -0.25) is 14.7 Å². The fourth-order valence-corrected chi connectivity index (χ4v) is 3.50. The van der Waals surface area contributed by atoms with Gasteiger partial charge in [-0.1, -0.05) is 13.8 Å². The van der Waals surface area contributed by atoms with Gasteiger partial charge < -0.3 is 14.5 Å². The van der Waals surface area contributed by atoms with Crippen LogP contribution in [0.5, 0.6) is 0 Å². The minimum absolute atomic E-state index is 0.218. The number of ether oxygens (including phenoxy) is 1. The first-order valence-electron chi connectivity index (χ1n) is 9.61. The van der Waals surface area contributed by atoms with Gasteiger partial charge in [0, 0.05) is 23.7 Å². The second-order valence-electron chi connectivity index (χ2n) is 6.36. The van der Waals surface area contributed by atoms with Crippen LogP contribution in [0.4, 0.5) is 5.95 Å². The lowest BCUT2D eigenvalue weighted by Crippen LogP contribution is -2.22. The summed E-state index contributed by atoms with van der Waals surface area (Å²) < 4.78 is 10.8. The van der Waals surface area contributed by atoms with Gasteiger partial charge in [-0.2, -0.15) is 0 Å². The summed E-state index contributed by atoms with van der Waals surface area (Å²) in [6.07, 6.45) is 4.86. The van der Waals surface area contributed by atoms with Crippen molar-refractivity contribution in [3.8, 4) is 0 Å². The van der Waals surface area contributed by atoms with Crippen LogP contribution in [-0.2, 0) is 24.3 Å². The zero-order valence-corrected chi connectivity index (χ0v) is 17.5. The maximum Gasteiger partial charge on any atom is 0.255 e. The third-order valence-electron chi connectivity index (χ3n) is 4.34. The molecule has 0 aliphatic rings. The first-order valence-corrected chi connectivity index (χ1v) is 10.5. The van der Waals surface area contributed by atoms with Gasteiger partial charge in [0.25, 0.3) is 5.56 Å². The Kier molecular flexibility index (Phi) is 7.91. The number of aromatic amines is 1. The van der Waals surface area contributed by atoms with E-state index in [2.05, 4.69) is 44.0 Å². The molecule has 9 nitrogen and oxygen atoms in total. The number of H-pyrrole nitrogens is 1. The molecule has 0 aliphatic heterocycles. The van der Waals surface area contributed by atoms with Gasteiger partial charge in [0.1, 0.15) is 11.3 Å². The van der Waals surface area contributed by atoms with Crippen LogP contribution in [0.25, 0.3) is 0 Å². The summed E-state index contributed by atoms with van der Waals surface area (Å²) in [4.78, 5) is 30.0. The zero-order chi connectivity index (χ0) is 20.5. The van der Waals surface area contributed by atoms with Crippen molar-refractivity contribution < 1.29 is 9.15 Å². The van der Waals surface area contributed by atoms with Gasteiger partial charge in [0.15, 0.2) is 5.89 Å². The van der Waals surface area contributed by atoms with Gasteiger partial charge in [-0.25, -0.2) is 15.0 Å². The highest BCUT2D eigenvalue weighted by Crippen LogP contribution is 2.13. The lowest BCUT2D eigenvalue weighted by atomic mass is 10.2. The van der Waals surface area contributed by atoms with E-state index < -0.39 is 0 Å². The molecule has 3 aromatic rings. The van der Waals surface area contributed by atoms with Crippen molar-refractivity contribution in [2.45, 2.75) is 33.4 Å². The molecule has 0 unspecified atom stereocenters. The molecule has 0 aromatic carbocycles. The average Bonchev–Trinajstić information content (AvgIpc) is 3.40. The Morgan fingerprint density at radius 1 is 1.31 bits per heavy atom. The Morgan fingerprint density at radius 2 is 2.17 bits per heavy atom. The second kappa shape index (κ2) is 10.8. The molecule has 0 aliphatic carbocycles. The Bertz CT molecular complexity index is 920. The molecular formula is C19H26N6O3S. The van der Waals surface area contributed by atoms with Crippen molar-refractivity contribution in [1.29, 1.82) is 0 Å². The molecule has 3 rings (SSSR count). The number of nitrogens with zero attached hydrogens (tertiary/aromatic N) is 4. The second-order valence-corrected chi connectivity index (χ2v) is 7.30. The van der Waals surface area contributed by atoms with E-state index in [1.165, 1.54) is 12.5 Å². The van der Waals surface area contributed by atoms with Crippen LogP contribution in [0, 0.1) is 0 Å². The van der Waals surface area contributed by atoms with Crippen molar-refractivity contribution in [2.75, 3.05) is 31.6 Å². The molecule has 2 N–H and O–H groups in total. The molecule has 156 valence electrons. The van der Waals surface area contributed by atoms with E-state index in [1.54, 1.807) is 17.5 Å². The number of thiazole rings is 1. The molecule has 0 radical (unpaired) electrons. The predicted molar refractivity (Wildman–Crippen MR) is 111 cm³/mol. The van der Waals surface area contributed by atoms with Crippen LogP contribution in [-0.4, -0.2) is 51.1 Å². The van der Waals surface area contributed by atoms with E-state index in [1.807, 2.05) is 5.38 Å². The molecule has 0 saturated heterocycles. The molecule has 0 fully saturated rings. The molecule has 0 saturated carbocycles. The Balaban J connectivity index is 1.38. The summed E-state index contributed by atoms with van der Waals surface area (Å²) in [5.74, 6) is 0.888. The van der Waals surface area contributed by atoms with Gasteiger partial charge in [-0.15, -0.1) is 11.3 Å². The number of aromatic nitrogens is 4. The quantitative estimate of drug-likeness (QED) is 0.431. The lowest BCUT2D eigenvalue weighted by Gasteiger charge is -2.15. The van der Waals surface area contributed by atoms with Gasteiger partial charge in [0.05, 0.1) is 38.1 Å². The maximum absolute atomic E-state index is 12.1. The fraction of sp³-hybridized carbons (Fsp3) is 0.474. The lowest BCUT2D eigenvalue weighted by molar-refractivity contribution is 0.128. The zero-order valence-electron chi connectivity index (χ0n) is 16.7. The number of rotatable bonds is 12. The minimum Gasteiger partial charge on any atom is -0.449 e. The minimum atomic E-state index is -0.218. The van der Waals surface area contributed by atoms with Crippen LogP contribution in [0.15, 0.2) is 33.2 Å². The molecule has 3 heterocycles. The summed E-state index contributed by atoms with van der Waals surface area (Å²) in [7, 11) is 0. The number of anilines is 1. The standard InChI is InChI=1S/C19H26N6O3S/c1-3-25(4-2)11-17-23-15(13-29-17)12-27-7-5-21-19-22-10-14(18(26)24-19)9-16-20-6-8-28-16/h6,8,10,13H,3-5,7,9,11-12H2,1-2H3,(H2,21,22,24,26). The van der Waals surface area contributed by atoms with E-state index >= 15 is 0 Å². The molecule has 0 amide bonds. The molecular weight excluding hydrogens is 392 g/mol. The van der Waals surface area contributed by atoms with Crippen molar-refractivity contribution in [3.63, 3.8) is 0 Å². The number of hydrogen-bond acceptors (Lipinski definition) is 9. The third kappa shape index (κ3) is 6.48. The SMILES string of the molecule is CCN(CC)Cc1nc(COCCNc2ncc(Cc3ncco3)c(=O)[nH]2)cs1. The summed E-state index contributed by atoms with van der Waals surface area (Å²) in [6.45, 7) is 8.69. The van der Waals surface area contributed by atoms with E-state index in [0.717, 1.165) is 30.3 Å². The molecule has 10 heteroatoms. The van der Waals surface area contributed by atoms with Crippen molar-refractivity contribution in [2.24, 2.45) is 0 Å². The van der Waals surface area contributed by atoms with Crippen molar-refractivity contribution >= 4 is 17.3 Å². The molecule has 29 heavy (non-hydrogen) atoms. The first kappa shape index (κ1) is 21.2.